The van der Waals surface area contributed by atoms with Crippen molar-refractivity contribution in [2.75, 3.05) is 32.1 Å². The molecule has 2 fully saturated rings. The average molecular weight is 302 g/mol. The van der Waals surface area contributed by atoms with E-state index in [-0.39, 0.29) is 28.9 Å². The van der Waals surface area contributed by atoms with Crippen molar-refractivity contribution in [2.45, 2.75) is 44.1 Å². The summed E-state index contributed by atoms with van der Waals surface area (Å²) in [6.07, 6.45) is 6.34. The zero-order chi connectivity index (χ0) is 14.8. The Bertz CT molecular complexity index is 453. The van der Waals surface area contributed by atoms with Gasteiger partial charge < -0.3 is 10.2 Å². The van der Waals surface area contributed by atoms with E-state index < -0.39 is 9.84 Å². The Kier molecular flexibility index (Phi) is 4.74. The minimum absolute atomic E-state index is 0.0216. The molecule has 1 saturated carbocycles. The van der Waals surface area contributed by atoms with Crippen molar-refractivity contribution in [3.63, 3.8) is 0 Å². The van der Waals surface area contributed by atoms with Crippen LogP contribution in [0.1, 0.15) is 38.5 Å². The largest absolute Gasteiger partial charge is 0.354 e. The highest BCUT2D eigenvalue weighted by Crippen LogP contribution is 2.31. The molecule has 0 aromatic rings. The molecule has 0 unspecified atom stereocenters. The van der Waals surface area contributed by atoms with Gasteiger partial charge in [0.25, 0.3) is 0 Å². The van der Waals surface area contributed by atoms with E-state index in [1.165, 1.54) is 19.3 Å². The van der Waals surface area contributed by atoms with Gasteiger partial charge in [-0.3, -0.25) is 4.79 Å². The van der Waals surface area contributed by atoms with Crippen LogP contribution in [0.15, 0.2) is 0 Å². The lowest BCUT2D eigenvalue weighted by atomic mass is 9.80. The lowest BCUT2D eigenvalue weighted by Gasteiger charge is -2.43. The number of sulfone groups is 1. The summed E-state index contributed by atoms with van der Waals surface area (Å²) in [7, 11) is 1.15. The van der Waals surface area contributed by atoms with Gasteiger partial charge in [0.05, 0.1) is 17.4 Å². The molecule has 2 rings (SSSR count). The van der Waals surface area contributed by atoms with Crippen LogP contribution < -0.4 is 5.32 Å². The Morgan fingerprint density at radius 3 is 2.40 bits per heavy atom. The van der Waals surface area contributed by atoms with Crippen LogP contribution in [-0.4, -0.2) is 56.9 Å². The van der Waals surface area contributed by atoms with Crippen molar-refractivity contribution < 1.29 is 13.2 Å². The maximum atomic E-state index is 12.1. The number of hydrogen-bond acceptors (Lipinski definition) is 4. The van der Waals surface area contributed by atoms with Gasteiger partial charge in [0.15, 0.2) is 9.84 Å². The lowest BCUT2D eigenvalue weighted by Crippen LogP contribution is -2.54. The maximum absolute atomic E-state index is 12.1. The zero-order valence-corrected chi connectivity index (χ0v) is 13.3. The van der Waals surface area contributed by atoms with Crippen LogP contribution >= 0.6 is 0 Å². The molecule has 0 spiro atoms. The number of carbonyl (C=O) groups is 1. The second-order valence-electron chi connectivity index (χ2n) is 6.50. The predicted octanol–water partition coefficient (Wildman–Crippen LogP) is 0.802. The summed E-state index contributed by atoms with van der Waals surface area (Å²) in [5, 5.41) is 3.01. The van der Waals surface area contributed by atoms with Gasteiger partial charge in [-0.15, -0.1) is 0 Å². The summed E-state index contributed by atoms with van der Waals surface area (Å²) in [6.45, 7) is 0.634. The summed E-state index contributed by atoms with van der Waals surface area (Å²) >= 11 is 0. The van der Waals surface area contributed by atoms with Gasteiger partial charge in [0, 0.05) is 12.1 Å². The first kappa shape index (κ1) is 15.8. The van der Waals surface area contributed by atoms with Gasteiger partial charge in [-0.2, -0.15) is 0 Å². The van der Waals surface area contributed by atoms with E-state index >= 15 is 0 Å². The van der Waals surface area contributed by atoms with E-state index in [1.54, 1.807) is 0 Å². The third-order valence-electron chi connectivity index (χ3n) is 4.93. The Morgan fingerprint density at radius 1 is 1.25 bits per heavy atom. The SMILES string of the molecule is CN(C)C1(CNC(=O)[C@H]2CCS(=O)(=O)C2)CCCCC1. The second kappa shape index (κ2) is 6.02. The first-order chi connectivity index (χ1) is 9.35. The molecule has 2 aliphatic rings. The van der Waals surface area contributed by atoms with Gasteiger partial charge in [-0.25, -0.2) is 8.42 Å². The van der Waals surface area contributed by atoms with Crippen molar-refractivity contribution in [2.24, 2.45) is 5.92 Å². The smallest absolute Gasteiger partial charge is 0.224 e. The van der Waals surface area contributed by atoms with Crippen molar-refractivity contribution >= 4 is 15.7 Å². The van der Waals surface area contributed by atoms with Crippen molar-refractivity contribution in [1.29, 1.82) is 0 Å². The van der Waals surface area contributed by atoms with E-state index in [0.29, 0.717) is 13.0 Å². The molecule has 6 heteroatoms. The summed E-state index contributed by atoms with van der Waals surface area (Å²) < 4.78 is 22.9. The van der Waals surface area contributed by atoms with Crippen LogP contribution in [0.25, 0.3) is 0 Å². The fourth-order valence-electron chi connectivity index (χ4n) is 3.39. The van der Waals surface area contributed by atoms with Crippen molar-refractivity contribution in [3.05, 3.63) is 0 Å². The lowest BCUT2D eigenvalue weighted by molar-refractivity contribution is -0.125. The van der Waals surface area contributed by atoms with E-state index in [2.05, 4.69) is 24.3 Å². The fraction of sp³-hybridized carbons (Fsp3) is 0.929. The van der Waals surface area contributed by atoms with Gasteiger partial charge >= 0.3 is 0 Å². The number of amides is 1. The van der Waals surface area contributed by atoms with Crippen LogP contribution in [0.3, 0.4) is 0 Å². The van der Waals surface area contributed by atoms with Crippen molar-refractivity contribution in [3.8, 4) is 0 Å². The molecule has 1 amide bonds. The number of nitrogens with one attached hydrogen (secondary N) is 1. The molecule has 1 aliphatic carbocycles. The highest BCUT2D eigenvalue weighted by atomic mass is 32.2. The van der Waals surface area contributed by atoms with Gasteiger partial charge in [-0.05, 0) is 33.4 Å². The Labute approximate surface area is 122 Å². The second-order valence-corrected chi connectivity index (χ2v) is 8.73. The number of likely N-dealkylation sites (N-methyl/N-ethyl adjacent to an activating group) is 1. The van der Waals surface area contributed by atoms with Crippen LogP contribution in [0.4, 0.5) is 0 Å². The molecule has 1 saturated heterocycles. The molecule has 1 aliphatic heterocycles. The van der Waals surface area contributed by atoms with Crippen LogP contribution in [0, 0.1) is 5.92 Å². The molecular weight excluding hydrogens is 276 g/mol. The zero-order valence-electron chi connectivity index (χ0n) is 12.5. The van der Waals surface area contributed by atoms with Gasteiger partial charge in [0.1, 0.15) is 0 Å². The first-order valence-electron chi connectivity index (χ1n) is 7.50. The highest BCUT2D eigenvalue weighted by molar-refractivity contribution is 7.91. The molecule has 116 valence electrons. The van der Waals surface area contributed by atoms with Crippen molar-refractivity contribution in [1.82, 2.24) is 10.2 Å². The number of nitrogens with zero attached hydrogens (tertiary/aromatic N) is 1. The van der Waals surface area contributed by atoms with E-state index in [9.17, 15) is 13.2 Å². The molecule has 1 N–H and O–H groups in total. The summed E-state index contributed by atoms with van der Waals surface area (Å²) in [5.74, 6) is -0.252. The molecule has 1 heterocycles. The number of hydrogen-bond donors (Lipinski definition) is 1. The molecule has 5 nitrogen and oxygen atoms in total. The quantitative estimate of drug-likeness (QED) is 0.834. The average Bonchev–Trinajstić information content (AvgIpc) is 2.77. The third kappa shape index (κ3) is 3.52. The third-order valence-corrected chi connectivity index (χ3v) is 6.70. The Balaban J connectivity index is 1.91. The minimum Gasteiger partial charge on any atom is -0.354 e. The number of carbonyl (C=O) groups excluding carboxylic acids is 1. The molecule has 20 heavy (non-hydrogen) atoms. The first-order valence-corrected chi connectivity index (χ1v) is 9.32. The molecule has 0 radical (unpaired) electrons. The molecule has 0 bridgehead atoms. The Hall–Kier alpha value is -0.620. The standard InChI is InChI=1S/C14H26N2O3S/c1-16(2)14(7-4-3-5-8-14)11-15-13(17)12-6-9-20(18,19)10-12/h12H,3-11H2,1-2H3,(H,15,17)/t12-/m0/s1. The molecular formula is C14H26N2O3S. The molecule has 0 aromatic carbocycles. The van der Waals surface area contributed by atoms with Crippen LogP contribution in [0.5, 0.6) is 0 Å². The monoisotopic (exact) mass is 302 g/mol. The van der Waals surface area contributed by atoms with Gasteiger partial charge in [-0.1, -0.05) is 19.3 Å². The molecule has 1 atom stereocenters. The normalized spacial score (nSPS) is 28.4. The van der Waals surface area contributed by atoms with E-state index in [0.717, 1.165) is 12.8 Å². The minimum atomic E-state index is -2.99. The van der Waals surface area contributed by atoms with Crippen LogP contribution in [0.2, 0.25) is 0 Å². The summed E-state index contributed by atoms with van der Waals surface area (Å²) in [4.78, 5) is 14.4. The Morgan fingerprint density at radius 2 is 1.90 bits per heavy atom. The van der Waals surface area contributed by atoms with E-state index in [4.69, 9.17) is 0 Å². The van der Waals surface area contributed by atoms with E-state index in [1.807, 2.05) is 0 Å². The van der Waals surface area contributed by atoms with Gasteiger partial charge in [0.2, 0.25) is 5.91 Å². The summed E-state index contributed by atoms with van der Waals surface area (Å²) in [5.41, 5.74) is 0.0470. The topological polar surface area (TPSA) is 66.5 Å². The summed E-state index contributed by atoms with van der Waals surface area (Å²) in [6, 6.07) is 0. The molecule has 0 aromatic heterocycles. The highest BCUT2D eigenvalue weighted by Gasteiger charge is 2.37. The predicted molar refractivity (Wildman–Crippen MR) is 79.3 cm³/mol. The number of rotatable bonds is 4. The van der Waals surface area contributed by atoms with Crippen LogP contribution in [-0.2, 0) is 14.6 Å². The maximum Gasteiger partial charge on any atom is 0.224 e. The fourth-order valence-corrected chi connectivity index (χ4v) is 5.13.